The molecule has 1 atom stereocenters. The minimum Gasteiger partial charge on any atom is -0.348 e. The third kappa shape index (κ3) is 4.05. The Kier molecular flexibility index (Phi) is 7.06. The molecular weight excluding hydrogens is 335 g/mol. The smallest absolute Gasteiger partial charge is 0.253 e. The molecule has 1 aliphatic heterocycles. The first kappa shape index (κ1) is 19.5. The number of carbonyl (C=O) groups excluding carboxylic acids is 1. The van der Waals surface area contributed by atoms with Gasteiger partial charge in [-0.1, -0.05) is 6.07 Å². The van der Waals surface area contributed by atoms with Crippen LogP contribution >= 0.6 is 24.8 Å². The summed E-state index contributed by atoms with van der Waals surface area (Å²) in [4.78, 5) is 16.8. The van der Waals surface area contributed by atoms with Crippen molar-refractivity contribution in [2.75, 3.05) is 13.1 Å². The van der Waals surface area contributed by atoms with Crippen LogP contribution in [0.15, 0.2) is 30.5 Å². The van der Waals surface area contributed by atoms with Gasteiger partial charge in [0.2, 0.25) is 0 Å². The molecule has 1 amide bonds. The summed E-state index contributed by atoms with van der Waals surface area (Å²) in [6, 6.07) is 7.95. The second-order valence-corrected chi connectivity index (χ2v) is 5.47. The molecule has 1 aliphatic rings. The van der Waals surface area contributed by atoms with Crippen LogP contribution in [0.2, 0.25) is 0 Å². The summed E-state index contributed by atoms with van der Waals surface area (Å²) in [6.07, 6.45) is 2.75. The van der Waals surface area contributed by atoms with Crippen LogP contribution in [0.25, 0.3) is 5.82 Å². The topological polar surface area (TPSA) is 59.0 Å². The molecule has 0 radical (unpaired) electrons. The summed E-state index contributed by atoms with van der Waals surface area (Å²) < 4.78 is 2.02. The second kappa shape index (κ2) is 8.34. The predicted octanol–water partition coefficient (Wildman–Crippen LogP) is 2.42. The van der Waals surface area contributed by atoms with Crippen molar-refractivity contribution in [2.45, 2.75) is 26.3 Å². The highest BCUT2D eigenvalue weighted by Crippen LogP contribution is 2.19. The molecule has 2 aromatic heterocycles. The van der Waals surface area contributed by atoms with Crippen molar-refractivity contribution in [1.29, 1.82) is 0 Å². The predicted molar refractivity (Wildman–Crippen MR) is 96.3 cm³/mol. The van der Waals surface area contributed by atoms with Gasteiger partial charge >= 0.3 is 0 Å². The van der Waals surface area contributed by atoms with Gasteiger partial charge in [0, 0.05) is 30.2 Å². The minimum atomic E-state index is -0.000943. The number of aryl methyl sites for hydroxylation is 1. The van der Waals surface area contributed by atoms with Crippen LogP contribution in [0.1, 0.15) is 28.2 Å². The van der Waals surface area contributed by atoms with E-state index in [1.807, 2.05) is 42.7 Å². The number of nitrogens with zero attached hydrogens (tertiary/aromatic N) is 2. The zero-order valence-electron chi connectivity index (χ0n) is 13.2. The first-order valence-corrected chi connectivity index (χ1v) is 7.29. The first-order valence-electron chi connectivity index (χ1n) is 7.29. The van der Waals surface area contributed by atoms with Crippen molar-refractivity contribution < 1.29 is 4.79 Å². The molecule has 5 nitrogen and oxygen atoms in total. The Hall–Kier alpha value is -1.56. The van der Waals surface area contributed by atoms with Crippen LogP contribution < -0.4 is 10.6 Å². The van der Waals surface area contributed by atoms with Gasteiger partial charge < -0.3 is 15.2 Å². The molecule has 0 bridgehead atoms. The zero-order valence-corrected chi connectivity index (χ0v) is 14.8. The average Bonchev–Trinajstić information content (AvgIpc) is 3.08. The van der Waals surface area contributed by atoms with E-state index in [9.17, 15) is 4.79 Å². The third-order valence-electron chi connectivity index (χ3n) is 3.95. The Morgan fingerprint density at radius 3 is 2.74 bits per heavy atom. The fourth-order valence-corrected chi connectivity index (χ4v) is 2.87. The normalized spacial score (nSPS) is 16.3. The Labute approximate surface area is 148 Å². The highest BCUT2D eigenvalue weighted by molar-refractivity contribution is 5.96. The third-order valence-corrected chi connectivity index (χ3v) is 3.95. The van der Waals surface area contributed by atoms with Gasteiger partial charge in [-0.25, -0.2) is 4.98 Å². The van der Waals surface area contributed by atoms with Gasteiger partial charge in [-0.2, -0.15) is 0 Å². The number of hydrogen-bond acceptors (Lipinski definition) is 3. The highest BCUT2D eigenvalue weighted by Gasteiger charge is 2.21. The minimum absolute atomic E-state index is 0. The SMILES string of the molecule is Cc1cc(C(=O)NC2CCNC2)c(C)n1-c1ccccn1.Cl.Cl. The van der Waals surface area contributed by atoms with Gasteiger partial charge in [0.15, 0.2) is 0 Å². The molecule has 0 saturated carbocycles. The summed E-state index contributed by atoms with van der Waals surface area (Å²) >= 11 is 0. The quantitative estimate of drug-likeness (QED) is 0.887. The summed E-state index contributed by atoms with van der Waals surface area (Å²) in [5.74, 6) is 0.841. The Morgan fingerprint density at radius 2 is 2.13 bits per heavy atom. The fraction of sp³-hybridized carbons (Fsp3) is 0.375. The number of hydrogen-bond donors (Lipinski definition) is 2. The Morgan fingerprint density at radius 1 is 1.35 bits per heavy atom. The van der Waals surface area contributed by atoms with Gasteiger partial charge in [0.05, 0.1) is 5.56 Å². The molecule has 2 aromatic rings. The van der Waals surface area contributed by atoms with E-state index in [1.54, 1.807) is 6.20 Å². The van der Waals surface area contributed by atoms with E-state index in [0.717, 1.165) is 42.3 Å². The molecule has 2 N–H and O–H groups in total. The lowest BCUT2D eigenvalue weighted by Gasteiger charge is -2.12. The van der Waals surface area contributed by atoms with E-state index >= 15 is 0 Å². The number of amides is 1. The maximum Gasteiger partial charge on any atom is 0.253 e. The Balaban J connectivity index is 0.00000132. The van der Waals surface area contributed by atoms with E-state index < -0.39 is 0 Å². The number of rotatable bonds is 3. The fourth-order valence-electron chi connectivity index (χ4n) is 2.87. The maximum absolute atomic E-state index is 12.4. The van der Waals surface area contributed by atoms with Crippen LogP contribution in [0.4, 0.5) is 0 Å². The molecule has 126 valence electrons. The van der Waals surface area contributed by atoms with Crippen LogP contribution in [0, 0.1) is 13.8 Å². The lowest BCUT2D eigenvalue weighted by Crippen LogP contribution is -2.36. The van der Waals surface area contributed by atoms with E-state index in [1.165, 1.54) is 0 Å². The average molecular weight is 357 g/mol. The highest BCUT2D eigenvalue weighted by atomic mass is 35.5. The van der Waals surface area contributed by atoms with E-state index in [-0.39, 0.29) is 36.8 Å². The summed E-state index contributed by atoms with van der Waals surface area (Å²) in [6.45, 7) is 5.78. The van der Waals surface area contributed by atoms with Crippen LogP contribution in [0.3, 0.4) is 0 Å². The lowest BCUT2D eigenvalue weighted by molar-refractivity contribution is 0.0939. The van der Waals surface area contributed by atoms with Crippen molar-refractivity contribution in [3.8, 4) is 5.82 Å². The number of carbonyl (C=O) groups is 1. The number of aromatic nitrogens is 2. The van der Waals surface area contributed by atoms with Crippen molar-refractivity contribution in [1.82, 2.24) is 20.2 Å². The monoisotopic (exact) mass is 356 g/mol. The number of halogens is 2. The molecular formula is C16H22Cl2N4O. The van der Waals surface area contributed by atoms with Gasteiger partial charge in [0.1, 0.15) is 5.82 Å². The largest absolute Gasteiger partial charge is 0.348 e. The standard InChI is InChI=1S/C16H20N4O.2ClH/c1-11-9-14(16(21)19-13-6-8-17-10-13)12(2)20(11)15-5-3-4-7-18-15;;/h3-5,7,9,13,17H,6,8,10H2,1-2H3,(H,19,21);2*1H. The zero-order chi connectivity index (χ0) is 14.8. The molecule has 23 heavy (non-hydrogen) atoms. The molecule has 3 rings (SSSR count). The maximum atomic E-state index is 12.4. The van der Waals surface area contributed by atoms with Crippen molar-refractivity contribution in [2.24, 2.45) is 0 Å². The molecule has 1 unspecified atom stereocenters. The molecule has 0 aromatic carbocycles. The summed E-state index contributed by atoms with van der Waals surface area (Å²) in [7, 11) is 0. The number of pyridine rings is 1. The number of nitrogens with one attached hydrogen (secondary N) is 2. The van der Waals surface area contributed by atoms with Crippen LogP contribution in [-0.4, -0.2) is 34.6 Å². The molecule has 3 heterocycles. The van der Waals surface area contributed by atoms with E-state index in [0.29, 0.717) is 0 Å². The van der Waals surface area contributed by atoms with Crippen LogP contribution in [-0.2, 0) is 0 Å². The van der Waals surface area contributed by atoms with Gasteiger partial charge in [-0.3, -0.25) is 4.79 Å². The van der Waals surface area contributed by atoms with Gasteiger partial charge in [0.25, 0.3) is 5.91 Å². The Bertz CT molecular complexity index is 652. The first-order chi connectivity index (χ1) is 10.2. The molecule has 7 heteroatoms. The lowest BCUT2D eigenvalue weighted by atomic mass is 10.2. The molecule has 0 aliphatic carbocycles. The van der Waals surface area contributed by atoms with Crippen molar-refractivity contribution in [3.63, 3.8) is 0 Å². The van der Waals surface area contributed by atoms with E-state index in [2.05, 4.69) is 15.6 Å². The molecule has 1 saturated heterocycles. The summed E-state index contributed by atoms with van der Waals surface area (Å²) in [5.41, 5.74) is 2.67. The van der Waals surface area contributed by atoms with E-state index in [4.69, 9.17) is 0 Å². The molecule has 0 spiro atoms. The second-order valence-electron chi connectivity index (χ2n) is 5.47. The molecule has 1 fully saturated rings. The summed E-state index contributed by atoms with van der Waals surface area (Å²) in [5, 5.41) is 6.35. The van der Waals surface area contributed by atoms with Crippen molar-refractivity contribution >= 4 is 30.7 Å². The van der Waals surface area contributed by atoms with Crippen LogP contribution in [0.5, 0.6) is 0 Å². The van der Waals surface area contributed by atoms with Gasteiger partial charge in [-0.05, 0) is 45.0 Å². The van der Waals surface area contributed by atoms with Gasteiger partial charge in [-0.15, -0.1) is 24.8 Å². The van der Waals surface area contributed by atoms with Crippen molar-refractivity contribution in [3.05, 3.63) is 47.4 Å².